The summed E-state index contributed by atoms with van der Waals surface area (Å²) in [5.74, 6) is -0.00906. The predicted octanol–water partition coefficient (Wildman–Crippen LogP) is 4.30. The molecule has 4 nitrogen and oxygen atoms in total. The van der Waals surface area contributed by atoms with E-state index in [1.165, 1.54) is 12.1 Å². The molecular weight excluding hydrogens is 409 g/mol. The molecule has 2 aliphatic rings. The summed E-state index contributed by atoms with van der Waals surface area (Å²) in [5.41, 5.74) is 0.252. The molecule has 2 fully saturated rings. The number of para-hydroxylation sites is 1. The van der Waals surface area contributed by atoms with E-state index in [1.54, 1.807) is 28.8 Å². The number of halogens is 4. The zero-order chi connectivity index (χ0) is 19.1. The van der Waals surface area contributed by atoms with Gasteiger partial charge in [-0.2, -0.15) is 13.2 Å². The van der Waals surface area contributed by atoms with E-state index in [2.05, 4.69) is 5.32 Å². The molecule has 1 N–H and O–H groups in total. The van der Waals surface area contributed by atoms with Crippen LogP contribution in [-0.2, 0) is 9.59 Å². The van der Waals surface area contributed by atoms with Gasteiger partial charge in [-0.3, -0.25) is 9.59 Å². The largest absolute Gasteiger partial charge is 0.414 e. The third kappa shape index (κ3) is 3.80. The lowest BCUT2D eigenvalue weighted by Crippen LogP contribution is -2.48. The molecule has 0 aromatic heterocycles. The lowest BCUT2D eigenvalue weighted by molar-refractivity contribution is -0.135. The van der Waals surface area contributed by atoms with Gasteiger partial charge in [-0.25, -0.2) is 0 Å². The number of nitrogens with one attached hydrogen (secondary N) is 1. The minimum Gasteiger partial charge on any atom is -0.323 e. The van der Waals surface area contributed by atoms with Crippen molar-refractivity contribution in [1.29, 1.82) is 0 Å². The monoisotopic (exact) mass is 424 g/mol. The molecule has 2 aliphatic heterocycles. The minimum absolute atomic E-state index is 0.0711. The average molecular weight is 425 g/mol. The number of carbonyl (C=O) groups excluding carboxylic acids is 2. The van der Waals surface area contributed by atoms with Gasteiger partial charge < -0.3 is 10.2 Å². The fraction of sp³-hybridized carbons (Fsp3) is 0.500. The highest BCUT2D eigenvalue weighted by molar-refractivity contribution is 8.01. The van der Waals surface area contributed by atoms with Crippen molar-refractivity contribution in [2.45, 2.75) is 46.5 Å². The number of carbonyl (C=O) groups is 2. The van der Waals surface area contributed by atoms with Crippen molar-refractivity contribution in [3.05, 3.63) is 24.3 Å². The Morgan fingerprint density at radius 2 is 2.15 bits per heavy atom. The van der Waals surface area contributed by atoms with Crippen molar-refractivity contribution in [2.24, 2.45) is 0 Å². The van der Waals surface area contributed by atoms with Crippen LogP contribution in [0, 0.1) is 0 Å². The van der Waals surface area contributed by atoms with Crippen molar-refractivity contribution in [1.82, 2.24) is 4.90 Å². The highest BCUT2D eigenvalue weighted by Crippen LogP contribution is 2.47. The summed E-state index contributed by atoms with van der Waals surface area (Å²) in [4.78, 5) is 26.3. The van der Waals surface area contributed by atoms with Crippen LogP contribution in [0.1, 0.15) is 19.8 Å². The molecule has 3 unspecified atom stereocenters. The number of alkyl halides is 4. The fourth-order valence-corrected chi connectivity index (χ4v) is 5.56. The number of nitrogens with zero attached hydrogens (tertiary/aromatic N) is 1. The first-order chi connectivity index (χ1) is 12.1. The Kier molecular flexibility index (Phi) is 5.43. The first-order valence-electron chi connectivity index (χ1n) is 7.85. The molecule has 0 bridgehead atoms. The van der Waals surface area contributed by atoms with Crippen LogP contribution >= 0.6 is 35.1 Å². The summed E-state index contributed by atoms with van der Waals surface area (Å²) in [7, 11) is 0. The van der Waals surface area contributed by atoms with Crippen molar-refractivity contribution < 1.29 is 22.8 Å². The molecule has 3 atom stereocenters. The minimum atomic E-state index is -4.56. The summed E-state index contributed by atoms with van der Waals surface area (Å²) in [5, 5.41) is 2.67. The van der Waals surface area contributed by atoms with Crippen LogP contribution < -0.4 is 5.32 Å². The van der Waals surface area contributed by atoms with Crippen LogP contribution in [0.3, 0.4) is 0 Å². The standard InChI is InChI=1S/C16H16ClF3N2O2S2/c1-15-7-6-12(23)22(15)10(8-25-15)13(24)21-9-4-2-3-5-11(9)26-14(17)16(18,19)20/h2-5,10,14H,6-8H2,1H3,(H,21,24). The molecule has 1 aromatic carbocycles. The summed E-state index contributed by atoms with van der Waals surface area (Å²) >= 11 is 7.38. The Hall–Kier alpha value is -1.06. The number of anilines is 1. The van der Waals surface area contributed by atoms with Crippen molar-refractivity contribution in [3.8, 4) is 0 Å². The Balaban J connectivity index is 1.75. The van der Waals surface area contributed by atoms with E-state index in [0.717, 1.165) is 0 Å². The number of hydrogen-bond acceptors (Lipinski definition) is 4. The zero-order valence-corrected chi connectivity index (χ0v) is 16.1. The zero-order valence-electron chi connectivity index (χ0n) is 13.7. The number of rotatable bonds is 4. The number of amides is 2. The maximum atomic E-state index is 12.7. The van der Waals surface area contributed by atoms with Gasteiger partial charge in [-0.1, -0.05) is 23.9 Å². The number of fused-ring (bicyclic) bond motifs is 1. The molecule has 1 aromatic rings. The van der Waals surface area contributed by atoms with Gasteiger partial charge in [0.1, 0.15) is 6.04 Å². The van der Waals surface area contributed by atoms with Gasteiger partial charge in [-0.05, 0) is 25.5 Å². The van der Waals surface area contributed by atoms with Crippen LogP contribution in [0.2, 0.25) is 0 Å². The maximum absolute atomic E-state index is 12.7. The second-order valence-corrected chi connectivity index (χ2v) is 9.57. The topological polar surface area (TPSA) is 49.4 Å². The van der Waals surface area contributed by atoms with Gasteiger partial charge in [-0.15, -0.1) is 23.4 Å². The maximum Gasteiger partial charge on any atom is 0.414 e. The normalized spacial score (nSPS) is 26.7. The summed E-state index contributed by atoms with van der Waals surface area (Å²) in [6, 6.07) is 5.55. The highest BCUT2D eigenvalue weighted by atomic mass is 35.5. The highest BCUT2D eigenvalue weighted by Gasteiger charge is 2.53. The third-order valence-electron chi connectivity index (χ3n) is 4.38. The van der Waals surface area contributed by atoms with Crippen molar-refractivity contribution in [2.75, 3.05) is 11.1 Å². The molecule has 0 aliphatic carbocycles. The van der Waals surface area contributed by atoms with E-state index in [-0.39, 0.29) is 21.4 Å². The molecule has 142 valence electrons. The Morgan fingerprint density at radius 3 is 2.85 bits per heavy atom. The second-order valence-electron chi connectivity index (χ2n) is 6.23. The van der Waals surface area contributed by atoms with Gasteiger partial charge in [0, 0.05) is 17.1 Å². The quantitative estimate of drug-likeness (QED) is 0.578. The number of benzene rings is 1. The first kappa shape index (κ1) is 19.7. The van der Waals surface area contributed by atoms with Gasteiger partial charge in [0.25, 0.3) is 0 Å². The van der Waals surface area contributed by atoms with Gasteiger partial charge >= 0.3 is 6.18 Å². The lowest BCUT2D eigenvalue weighted by atomic mass is 10.2. The number of thioether (sulfide) groups is 2. The Labute approximate surface area is 162 Å². The molecule has 0 spiro atoms. The van der Waals surface area contributed by atoms with Gasteiger partial charge in [0.05, 0.1) is 10.6 Å². The van der Waals surface area contributed by atoms with E-state index >= 15 is 0 Å². The van der Waals surface area contributed by atoms with E-state index in [1.807, 2.05) is 6.92 Å². The molecule has 0 radical (unpaired) electrons. The SMILES string of the molecule is CC12CCC(=O)N1C(C(=O)Nc1ccccc1SC(Cl)C(F)(F)F)CS2. The fourth-order valence-electron chi connectivity index (χ4n) is 3.08. The van der Waals surface area contributed by atoms with E-state index in [9.17, 15) is 22.8 Å². The molecular formula is C16H16ClF3N2O2S2. The van der Waals surface area contributed by atoms with Crippen LogP contribution in [0.5, 0.6) is 0 Å². The summed E-state index contributed by atoms with van der Waals surface area (Å²) in [6.45, 7) is 1.93. The lowest BCUT2D eigenvalue weighted by Gasteiger charge is -2.30. The molecule has 2 heterocycles. The molecule has 3 rings (SSSR count). The van der Waals surface area contributed by atoms with Gasteiger partial charge in [0.15, 0.2) is 4.71 Å². The first-order valence-corrected chi connectivity index (χ1v) is 10.2. The predicted molar refractivity (Wildman–Crippen MR) is 97.4 cm³/mol. The Morgan fingerprint density at radius 1 is 1.46 bits per heavy atom. The molecule has 26 heavy (non-hydrogen) atoms. The Bertz CT molecular complexity index is 734. The third-order valence-corrected chi connectivity index (χ3v) is 7.48. The van der Waals surface area contributed by atoms with Crippen LogP contribution in [0.25, 0.3) is 0 Å². The summed E-state index contributed by atoms with van der Waals surface area (Å²) < 4.78 is 36.0. The summed E-state index contributed by atoms with van der Waals surface area (Å²) in [6.07, 6.45) is -3.47. The van der Waals surface area contributed by atoms with E-state index < -0.39 is 22.8 Å². The van der Waals surface area contributed by atoms with Crippen LogP contribution in [0.15, 0.2) is 29.2 Å². The molecule has 10 heteroatoms. The van der Waals surface area contributed by atoms with Crippen LogP contribution in [-0.4, -0.2) is 44.3 Å². The molecule has 2 amide bonds. The number of hydrogen-bond donors (Lipinski definition) is 1. The van der Waals surface area contributed by atoms with Crippen molar-refractivity contribution in [3.63, 3.8) is 0 Å². The van der Waals surface area contributed by atoms with Crippen molar-refractivity contribution >= 4 is 52.6 Å². The van der Waals surface area contributed by atoms with Crippen LogP contribution in [0.4, 0.5) is 18.9 Å². The molecule has 0 saturated carbocycles. The van der Waals surface area contributed by atoms with E-state index in [4.69, 9.17) is 11.6 Å². The smallest absolute Gasteiger partial charge is 0.323 e. The molecule has 2 saturated heterocycles. The second kappa shape index (κ2) is 7.16. The van der Waals surface area contributed by atoms with E-state index in [0.29, 0.717) is 30.4 Å². The average Bonchev–Trinajstić information content (AvgIpc) is 3.05. The van der Waals surface area contributed by atoms with Gasteiger partial charge in [0.2, 0.25) is 11.8 Å².